The van der Waals surface area contributed by atoms with Crippen molar-refractivity contribution in [2.24, 2.45) is 0 Å². The quantitative estimate of drug-likeness (QED) is 0.471. The second-order valence-electron chi connectivity index (χ2n) is 5.04. The van der Waals surface area contributed by atoms with Gasteiger partial charge < -0.3 is 9.84 Å². The van der Waals surface area contributed by atoms with Gasteiger partial charge in [-0.2, -0.15) is 0 Å². The first-order chi connectivity index (χ1) is 11.1. The lowest BCUT2D eigenvalue weighted by Crippen LogP contribution is -2.48. The van der Waals surface area contributed by atoms with Crippen LogP contribution < -0.4 is 20.5 Å². The van der Waals surface area contributed by atoms with Crippen molar-refractivity contribution in [3.8, 4) is 5.75 Å². The SMILES string of the molecule is COc1ccc(N2C(=O)CC(NNC(=O)CCCO)C2=O)cc1. The van der Waals surface area contributed by atoms with Gasteiger partial charge in [-0.05, 0) is 30.7 Å². The number of aliphatic hydroxyl groups excluding tert-OH is 1. The molecule has 0 saturated carbocycles. The van der Waals surface area contributed by atoms with Crippen molar-refractivity contribution in [2.75, 3.05) is 18.6 Å². The van der Waals surface area contributed by atoms with Gasteiger partial charge in [-0.3, -0.25) is 19.8 Å². The minimum atomic E-state index is -0.803. The maximum Gasteiger partial charge on any atom is 0.253 e. The third-order valence-electron chi connectivity index (χ3n) is 3.43. The molecule has 8 nitrogen and oxygen atoms in total. The number of hydrogen-bond acceptors (Lipinski definition) is 6. The largest absolute Gasteiger partial charge is 0.497 e. The lowest BCUT2D eigenvalue weighted by molar-refractivity contribution is -0.123. The number of ether oxygens (including phenoxy) is 1. The number of amides is 3. The number of carbonyl (C=O) groups excluding carboxylic acids is 3. The molecule has 0 spiro atoms. The summed E-state index contributed by atoms with van der Waals surface area (Å²) in [5.74, 6) is -0.495. The Bertz CT molecular complexity index is 587. The van der Waals surface area contributed by atoms with Crippen LogP contribution in [0.1, 0.15) is 19.3 Å². The van der Waals surface area contributed by atoms with E-state index in [0.29, 0.717) is 17.9 Å². The molecule has 1 fully saturated rings. The van der Waals surface area contributed by atoms with Crippen LogP contribution in [0.3, 0.4) is 0 Å². The van der Waals surface area contributed by atoms with Gasteiger partial charge in [0.15, 0.2) is 0 Å². The van der Waals surface area contributed by atoms with Crippen LogP contribution in [0.5, 0.6) is 5.75 Å². The molecule has 1 aliphatic rings. The Morgan fingerprint density at radius 1 is 1.35 bits per heavy atom. The second kappa shape index (κ2) is 7.70. The van der Waals surface area contributed by atoms with Crippen molar-refractivity contribution in [3.05, 3.63) is 24.3 Å². The van der Waals surface area contributed by atoms with Crippen molar-refractivity contribution in [2.45, 2.75) is 25.3 Å². The summed E-state index contributed by atoms with van der Waals surface area (Å²) in [5, 5.41) is 8.66. The van der Waals surface area contributed by atoms with E-state index in [9.17, 15) is 14.4 Å². The number of rotatable bonds is 7. The number of hydrogen-bond donors (Lipinski definition) is 3. The average molecular weight is 321 g/mol. The average Bonchev–Trinajstić information content (AvgIpc) is 2.85. The van der Waals surface area contributed by atoms with Crippen LogP contribution in [0, 0.1) is 0 Å². The van der Waals surface area contributed by atoms with E-state index in [1.165, 1.54) is 7.11 Å². The predicted molar refractivity (Wildman–Crippen MR) is 81.5 cm³/mol. The zero-order valence-electron chi connectivity index (χ0n) is 12.7. The molecule has 1 aromatic rings. The number of aliphatic hydroxyl groups is 1. The van der Waals surface area contributed by atoms with E-state index in [-0.39, 0.29) is 31.3 Å². The van der Waals surface area contributed by atoms with Crippen molar-refractivity contribution < 1.29 is 24.2 Å². The standard InChI is InChI=1S/C15H19N3O5/c1-23-11-6-4-10(5-7-11)18-14(21)9-12(15(18)22)16-17-13(20)3-2-8-19/h4-7,12,16,19H,2-3,8-9H2,1H3,(H,17,20). The normalized spacial score (nSPS) is 17.5. The van der Waals surface area contributed by atoms with E-state index >= 15 is 0 Å². The molecule has 1 saturated heterocycles. The Morgan fingerprint density at radius 2 is 2.04 bits per heavy atom. The molecule has 1 heterocycles. The van der Waals surface area contributed by atoms with Crippen LogP contribution in [0.15, 0.2) is 24.3 Å². The maximum absolute atomic E-state index is 12.3. The maximum atomic E-state index is 12.3. The predicted octanol–water partition coefficient (Wildman–Crippen LogP) is -0.280. The molecular formula is C15H19N3O5. The highest BCUT2D eigenvalue weighted by atomic mass is 16.5. The number of anilines is 1. The van der Waals surface area contributed by atoms with E-state index in [4.69, 9.17) is 9.84 Å². The summed E-state index contributed by atoms with van der Waals surface area (Å²) in [6.45, 7) is -0.0838. The Morgan fingerprint density at radius 3 is 2.65 bits per heavy atom. The lowest BCUT2D eigenvalue weighted by atomic mass is 10.2. The molecular weight excluding hydrogens is 302 g/mol. The molecule has 3 amide bonds. The van der Waals surface area contributed by atoms with Crippen molar-refractivity contribution in [3.63, 3.8) is 0 Å². The third-order valence-corrected chi connectivity index (χ3v) is 3.43. The number of hydrazine groups is 1. The van der Waals surface area contributed by atoms with Gasteiger partial charge in [0.05, 0.1) is 19.2 Å². The fourth-order valence-electron chi connectivity index (χ4n) is 2.22. The van der Waals surface area contributed by atoms with Crippen LogP contribution in [0.25, 0.3) is 0 Å². The van der Waals surface area contributed by atoms with E-state index in [1.54, 1.807) is 24.3 Å². The lowest BCUT2D eigenvalue weighted by Gasteiger charge is -2.16. The first-order valence-corrected chi connectivity index (χ1v) is 7.23. The molecule has 1 atom stereocenters. The fourth-order valence-corrected chi connectivity index (χ4v) is 2.22. The Balaban J connectivity index is 1.97. The highest BCUT2D eigenvalue weighted by molar-refractivity contribution is 6.22. The van der Waals surface area contributed by atoms with Gasteiger partial charge >= 0.3 is 0 Å². The summed E-state index contributed by atoms with van der Waals surface area (Å²) in [7, 11) is 1.53. The highest BCUT2D eigenvalue weighted by Crippen LogP contribution is 2.24. The van der Waals surface area contributed by atoms with Gasteiger partial charge in [-0.1, -0.05) is 0 Å². The Labute approximate surface area is 133 Å². The molecule has 1 aromatic carbocycles. The van der Waals surface area contributed by atoms with Crippen molar-refractivity contribution >= 4 is 23.4 Å². The molecule has 124 valence electrons. The summed E-state index contributed by atoms with van der Waals surface area (Å²) >= 11 is 0. The molecule has 0 radical (unpaired) electrons. The van der Waals surface area contributed by atoms with E-state index in [1.807, 2.05) is 0 Å². The van der Waals surface area contributed by atoms with Crippen LogP contribution in [0.4, 0.5) is 5.69 Å². The third kappa shape index (κ3) is 4.05. The first-order valence-electron chi connectivity index (χ1n) is 7.23. The van der Waals surface area contributed by atoms with Gasteiger partial charge in [-0.15, -0.1) is 0 Å². The topological polar surface area (TPSA) is 108 Å². The zero-order chi connectivity index (χ0) is 16.8. The number of carbonyl (C=O) groups is 3. The molecule has 8 heteroatoms. The molecule has 0 aromatic heterocycles. The monoisotopic (exact) mass is 321 g/mol. The molecule has 2 rings (SSSR count). The van der Waals surface area contributed by atoms with E-state index < -0.39 is 11.9 Å². The van der Waals surface area contributed by atoms with Gasteiger partial charge in [0.1, 0.15) is 11.8 Å². The summed E-state index contributed by atoms with van der Waals surface area (Å²) in [6.07, 6.45) is 0.439. The molecule has 0 bridgehead atoms. The van der Waals surface area contributed by atoms with Crippen LogP contribution in [-0.2, 0) is 14.4 Å². The van der Waals surface area contributed by atoms with E-state index in [0.717, 1.165) is 4.90 Å². The fraction of sp³-hybridized carbons (Fsp3) is 0.400. The first kappa shape index (κ1) is 16.9. The minimum absolute atomic E-state index is 0.0366. The van der Waals surface area contributed by atoms with Gasteiger partial charge in [0, 0.05) is 13.0 Å². The van der Waals surface area contributed by atoms with Crippen LogP contribution in [-0.4, -0.2) is 42.6 Å². The number of nitrogens with zero attached hydrogens (tertiary/aromatic N) is 1. The van der Waals surface area contributed by atoms with E-state index in [2.05, 4.69) is 10.9 Å². The summed E-state index contributed by atoms with van der Waals surface area (Å²) in [6, 6.07) is 5.76. The molecule has 0 aliphatic carbocycles. The minimum Gasteiger partial charge on any atom is -0.497 e. The highest BCUT2D eigenvalue weighted by Gasteiger charge is 2.39. The molecule has 1 unspecified atom stereocenters. The number of methoxy groups -OCH3 is 1. The number of imide groups is 1. The van der Waals surface area contributed by atoms with Crippen LogP contribution >= 0.6 is 0 Å². The Hall–Kier alpha value is -2.45. The van der Waals surface area contributed by atoms with Gasteiger partial charge in [0.25, 0.3) is 5.91 Å². The smallest absolute Gasteiger partial charge is 0.253 e. The molecule has 1 aliphatic heterocycles. The number of nitrogens with one attached hydrogen (secondary N) is 2. The van der Waals surface area contributed by atoms with Gasteiger partial charge in [0.2, 0.25) is 11.8 Å². The van der Waals surface area contributed by atoms with Crippen molar-refractivity contribution in [1.82, 2.24) is 10.9 Å². The van der Waals surface area contributed by atoms with Gasteiger partial charge in [-0.25, -0.2) is 10.3 Å². The molecule has 3 N–H and O–H groups in total. The molecule has 23 heavy (non-hydrogen) atoms. The van der Waals surface area contributed by atoms with Crippen molar-refractivity contribution in [1.29, 1.82) is 0 Å². The summed E-state index contributed by atoms with van der Waals surface area (Å²) < 4.78 is 5.04. The second-order valence-corrected chi connectivity index (χ2v) is 5.04. The summed E-state index contributed by atoms with van der Waals surface area (Å²) in [5.41, 5.74) is 5.41. The van der Waals surface area contributed by atoms with Crippen LogP contribution in [0.2, 0.25) is 0 Å². The Kier molecular flexibility index (Phi) is 5.67. The zero-order valence-corrected chi connectivity index (χ0v) is 12.7. The number of benzene rings is 1. The summed E-state index contributed by atoms with van der Waals surface area (Å²) in [4.78, 5) is 36.9.